The Labute approximate surface area is 240 Å². The first-order valence-electron chi connectivity index (χ1n) is 13.8. The zero-order valence-electron chi connectivity index (χ0n) is 24.1. The number of carbonyl (C=O) groups is 4. The van der Waals surface area contributed by atoms with Crippen molar-refractivity contribution in [3.05, 3.63) is 36.0 Å². The van der Waals surface area contributed by atoms with Gasteiger partial charge in [0.25, 0.3) is 0 Å². The summed E-state index contributed by atoms with van der Waals surface area (Å²) < 4.78 is 0. The number of nitrogens with zero attached hydrogens (tertiary/aromatic N) is 1. The number of hydrogen-bond acceptors (Lipinski definition) is 6. The van der Waals surface area contributed by atoms with Gasteiger partial charge in [-0.25, -0.2) is 4.79 Å². The third-order valence-corrected chi connectivity index (χ3v) is 6.60. The second-order valence-electron chi connectivity index (χ2n) is 10.9. The summed E-state index contributed by atoms with van der Waals surface area (Å²) in [5, 5.41) is 18.4. The van der Waals surface area contributed by atoms with Crippen LogP contribution in [-0.4, -0.2) is 70.5 Å². The number of amides is 3. The van der Waals surface area contributed by atoms with Crippen LogP contribution in [-0.2, 0) is 25.6 Å². The van der Waals surface area contributed by atoms with Gasteiger partial charge in [0.1, 0.15) is 18.1 Å². The van der Waals surface area contributed by atoms with Gasteiger partial charge in [0.2, 0.25) is 17.7 Å². The predicted octanol–water partition coefficient (Wildman–Crippen LogP) is 0.332. The van der Waals surface area contributed by atoms with Crippen LogP contribution in [0.25, 0.3) is 10.9 Å². The molecule has 1 aromatic heterocycles. The quantitative estimate of drug-likeness (QED) is 0.0791. The molecule has 13 heteroatoms. The van der Waals surface area contributed by atoms with Crippen LogP contribution in [0.2, 0.25) is 0 Å². The van der Waals surface area contributed by atoms with Gasteiger partial charge in [0.15, 0.2) is 5.96 Å². The first-order valence-corrected chi connectivity index (χ1v) is 13.8. The number of fused-ring (bicyclic) bond motifs is 1. The highest BCUT2D eigenvalue weighted by Crippen LogP contribution is 2.19. The molecule has 11 N–H and O–H groups in total. The third kappa shape index (κ3) is 10.4. The number of H-pyrrole nitrogens is 1. The normalized spacial score (nSPS) is 14.2. The smallest absolute Gasteiger partial charge is 0.326 e. The molecule has 13 nitrogen and oxygen atoms in total. The van der Waals surface area contributed by atoms with E-state index in [0.717, 1.165) is 16.5 Å². The number of carbonyl (C=O) groups excluding carboxylic acids is 3. The third-order valence-electron chi connectivity index (χ3n) is 6.60. The molecule has 0 saturated carbocycles. The number of benzene rings is 1. The summed E-state index contributed by atoms with van der Waals surface area (Å²) in [6.07, 6.45) is 2.84. The number of hydrogen-bond donors (Lipinski definition) is 8. The number of carboxylic acid groups (broad SMARTS) is 1. The van der Waals surface area contributed by atoms with Gasteiger partial charge in [-0.05, 0) is 49.1 Å². The topological polar surface area (TPSA) is 231 Å². The Kier molecular flexibility index (Phi) is 12.6. The SMILES string of the molecule is CC(C)CC(NC(=O)C(N)Cc1c[nH]c2ccccc12)C(=O)NC(CCCN=C(N)N)C(=O)NC(C(=O)O)C(C)C. The average Bonchev–Trinajstić information content (AvgIpc) is 3.30. The number of aromatic amines is 1. The molecule has 0 bridgehead atoms. The molecule has 0 spiro atoms. The van der Waals surface area contributed by atoms with Crippen LogP contribution in [0.5, 0.6) is 0 Å². The van der Waals surface area contributed by atoms with Crippen molar-refractivity contribution in [3.63, 3.8) is 0 Å². The number of guanidine groups is 1. The van der Waals surface area contributed by atoms with Crippen molar-refractivity contribution in [2.75, 3.05) is 6.54 Å². The summed E-state index contributed by atoms with van der Waals surface area (Å²) in [6.45, 7) is 7.34. The summed E-state index contributed by atoms with van der Waals surface area (Å²) in [7, 11) is 0. The standard InChI is InChI=1S/C28H44N8O5/c1-15(2)12-22(35-24(37)19(29)13-17-14-33-20-9-6-5-8-18(17)20)26(39)34-21(10-7-11-32-28(30)31)25(38)36-23(16(3)4)27(40)41/h5-6,8-9,14-16,19,21-23,33H,7,10-13,29H2,1-4H3,(H,34,39)(H,35,37)(H,36,38)(H,40,41)(H4,30,31,32). The van der Waals surface area contributed by atoms with Crippen LogP contribution < -0.4 is 33.2 Å². The van der Waals surface area contributed by atoms with Crippen LogP contribution in [0, 0.1) is 11.8 Å². The Morgan fingerprint density at radius 2 is 1.59 bits per heavy atom. The van der Waals surface area contributed by atoms with Gasteiger partial charge in [-0.3, -0.25) is 19.4 Å². The number of nitrogens with two attached hydrogens (primary N) is 3. The molecule has 4 unspecified atom stereocenters. The van der Waals surface area contributed by atoms with Crippen LogP contribution in [0.1, 0.15) is 52.5 Å². The van der Waals surface area contributed by atoms with E-state index in [-0.39, 0.29) is 37.2 Å². The van der Waals surface area contributed by atoms with Crippen molar-refractivity contribution in [2.24, 2.45) is 34.0 Å². The van der Waals surface area contributed by atoms with Crippen LogP contribution in [0.3, 0.4) is 0 Å². The maximum Gasteiger partial charge on any atom is 0.326 e. The number of carboxylic acids is 1. The largest absolute Gasteiger partial charge is 0.480 e. The molecule has 0 saturated heterocycles. The van der Waals surface area contributed by atoms with Crippen molar-refractivity contribution >= 4 is 40.6 Å². The van der Waals surface area contributed by atoms with Gasteiger partial charge in [-0.2, -0.15) is 0 Å². The lowest BCUT2D eigenvalue weighted by Crippen LogP contribution is -2.58. The van der Waals surface area contributed by atoms with Crippen molar-refractivity contribution in [3.8, 4) is 0 Å². The molecule has 0 aliphatic heterocycles. The minimum Gasteiger partial charge on any atom is -0.480 e. The maximum atomic E-state index is 13.4. The second-order valence-corrected chi connectivity index (χ2v) is 10.9. The summed E-state index contributed by atoms with van der Waals surface area (Å²) in [4.78, 5) is 58.3. The van der Waals surface area contributed by atoms with E-state index in [1.807, 2.05) is 44.3 Å². The molecule has 4 atom stereocenters. The van der Waals surface area contributed by atoms with Crippen molar-refractivity contribution < 1.29 is 24.3 Å². The van der Waals surface area contributed by atoms with Gasteiger partial charge in [-0.1, -0.05) is 45.9 Å². The molecule has 2 rings (SSSR count). The van der Waals surface area contributed by atoms with E-state index in [1.54, 1.807) is 13.8 Å². The molecular formula is C28H44N8O5. The number of rotatable bonds is 16. The van der Waals surface area contributed by atoms with Gasteiger partial charge in [0, 0.05) is 23.6 Å². The van der Waals surface area contributed by atoms with Crippen LogP contribution in [0.4, 0.5) is 0 Å². The second kappa shape index (κ2) is 15.6. The first-order chi connectivity index (χ1) is 19.3. The summed E-state index contributed by atoms with van der Waals surface area (Å²) in [6, 6.07) is 3.56. The van der Waals surface area contributed by atoms with Gasteiger partial charge in [0.05, 0.1) is 6.04 Å². The van der Waals surface area contributed by atoms with E-state index < -0.39 is 47.9 Å². The Hall–Kier alpha value is -4.13. The number of aromatic nitrogens is 1. The lowest BCUT2D eigenvalue weighted by atomic mass is 10.00. The summed E-state index contributed by atoms with van der Waals surface area (Å²) in [5.41, 5.74) is 18.8. The Morgan fingerprint density at radius 1 is 0.951 bits per heavy atom. The van der Waals surface area contributed by atoms with Crippen molar-refractivity contribution in [1.29, 1.82) is 0 Å². The molecule has 3 amide bonds. The molecule has 0 aliphatic rings. The van der Waals surface area contributed by atoms with Crippen LogP contribution >= 0.6 is 0 Å². The van der Waals surface area contributed by atoms with Gasteiger partial charge in [-0.15, -0.1) is 0 Å². The predicted molar refractivity (Wildman–Crippen MR) is 158 cm³/mol. The van der Waals surface area contributed by atoms with Crippen LogP contribution in [0.15, 0.2) is 35.5 Å². The Bertz CT molecular complexity index is 1220. The number of aliphatic carboxylic acids is 1. The van der Waals surface area contributed by atoms with E-state index in [0.29, 0.717) is 12.8 Å². The molecule has 41 heavy (non-hydrogen) atoms. The lowest BCUT2D eigenvalue weighted by molar-refractivity contribution is -0.143. The maximum absolute atomic E-state index is 13.4. The average molecular weight is 573 g/mol. The van der Waals surface area contributed by atoms with Gasteiger partial charge >= 0.3 is 5.97 Å². The van der Waals surface area contributed by atoms with E-state index in [2.05, 4.69) is 25.9 Å². The highest BCUT2D eigenvalue weighted by Gasteiger charge is 2.31. The summed E-state index contributed by atoms with van der Waals surface area (Å²) >= 11 is 0. The zero-order chi connectivity index (χ0) is 30.7. The van der Waals surface area contributed by atoms with E-state index in [9.17, 15) is 24.3 Å². The Balaban J connectivity index is 2.16. The molecule has 226 valence electrons. The van der Waals surface area contributed by atoms with E-state index in [1.165, 1.54) is 0 Å². The minimum absolute atomic E-state index is 0.0300. The van der Waals surface area contributed by atoms with Gasteiger partial charge < -0.3 is 43.2 Å². The fourth-order valence-corrected chi connectivity index (χ4v) is 4.42. The zero-order valence-corrected chi connectivity index (χ0v) is 24.1. The monoisotopic (exact) mass is 572 g/mol. The fraction of sp³-hybridized carbons (Fsp3) is 0.536. The van der Waals surface area contributed by atoms with E-state index in [4.69, 9.17) is 17.2 Å². The number of nitrogens with one attached hydrogen (secondary N) is 4. The molecule has 0 fully saturated rings. The van der Waals surface area contributed by atoms with Crippen molar-refractivity contribution in [2.45, 2.75) is 77.5 Å². The fourth-order valence-electron chi connectivity index (χ4n) is 4.42. The molecule has 1 heterocycles. The van der Waals surface area contributed by atoms with E-state index >= 15 is 0 Å². The molecular weight excluding hydrogens is 528 g/mol. The highest BCUT2D eigenvalue weighted by molar-refractivity contribution is 5.94. The number of para-hydroxylation sites is 1. The molecule has 1 aromatic carbocycles. The minimum atomic E-state index is -1.19. The van der Waals surface area contributed by atoms with Crippen molar-refractivity contribution in [1.82, 2.24) is 20.9 Å². The molecule has 0 radical (unpaired) electrons. The molecule has 2 aromatic rings. The summed E-state index contributed by atoms with van der Waals surface area (Å²) in [5.74, 6) is -3.39. The first kappa shape index (κ1) is 33.1. The lowest BCUT2D eigenvalue weighted by Gasteiger charge is -2.26. The highest BCUT2D eigenvalue weighted by atomic mass is 16.4. The molecule has 0 aliphatic carbocycles. The Morgan fingerprint density at radius 3 is 2.20 bits per heavy atom. The number of aliphatic imine (C=N–C) groups is 1.